The molecule has 0 saturated carbocycles. The summed E-state index contributed by atoms with van der Waals surface area (Å²) in [5.74, 6) is 0. The Morgan fingerprint density at radius 1 is 1.41 bits per heavy atom. The van der Waals surface area contributed by atoms with Gasteiger partial charge in [0.25, 0.3) is 0 Å². The van der Waals surface area contributed by atoms with Crippen LogP contribution in [0.3, 0.4) is 0 Å². The van der Waals surface area contributed by atoms with Crippen LogP contribution >= 0.6 is 0 Å². The largest absolute Gasteiger partial charge is 0.444 e. The molecule has 0 spiro atoms. The molecule has 0 heterocycles. The van der Waals surface area contributed by atoms with Gasteiger partial charge >= 0.3 is 6.09 Å². The molecule has 1 aromatic carbocycles. The third kappa shape index (κ3) is 6.24. The monoisotopic (exact) mass is 307 g/mol. The summed E-state index contributed by atoms with van der Waals surface area (Å²) in [7, 11) is 1.53. The van der Waals surface area contributed by atoms with Gasteiger partial charge in [0.2, 0.25) is 0 Å². The van der Waals surface area contributed by atoms with Crippen molar-refractivity contribution in [1.29, 1.82) is 5.41 Å². The van der Waals surface area contributed by atoms with Crippen molar-refractivity contribution in [2.45, 2.75) is 39.0 Å². The van der Waals surface area contributed by atoms with Gasteiger partial charge in [-0.05, 0) is 31.9 Å². The Hall–Kier alpha value is -1.92. The lowest BCUT2D eigenvalue weighted by atomic mass is 10.0. The fourth-order valence-electron chi connectivity index (χ4n) is 1.83. The molecule has 0 radical (unpaired) electrons. The van der Waals surface area contributed by atoms with Gasteiger partial charge in [0.05, 0.1) is 18.4 Å². The van der Waals surface area contributed by atoms with E-state index in [1.165, 1.54) is 7.11 Å². The van der Waals surface area contributed by atoms with E-state index in [9.17, 15) is 4.79 Å². The fraction of sp³-hybridized carbons (Fsp3) is 0.500. The summed E-state index contributed by atoms with van der Waals surface area (Å²) in [6, 6.07) is 6.94. The molecule has 0 aromatic heterocycles. The number of rotatable bonds is 6. The van der Waals surface area contributed by atoms with Crippen LogP contribution in [0.15, 0.2) is 24.3 Å². The van der Waals surface area contributed by atoms with Gasteiger partial charge in [-0.15, -0.1) is 0 Å². The Labute approximate surface area is 131 Å². The average molecular weight is 307 g/mol. The highest BCUT2D eigenvalue weighted by Gasteiger charge is 2.16. The summed E-state index contributed by atoms with van der Waals surface area (Å²) in [5.41, 5.74) is 7.50. The molecule has 0 aliphatic heterocycles. The van der Waals surface area contributed by atoms with Crippen molar-refractivity contribution in [3.63, 3.8) is 0 Å². The van der Waals surface area contributed by atoms with Crippen LogP contribution in [0.2, 0.25) is 0 Å². The van der Waals surface area contributed by atoms with Crippen LogP contribution in [-0.2, 0) is 16.0 Å². The quantitative estimate of drug-likeness (QED) is 0.703. The first-order valence-electron chi connectivity index (χ1n) is 7.10. The van der Waals surface area contributed by atoms with E-state index in [-0.39, 0.29) is 6.61 Å². The predicted octanol–water partition coefficient (Wildman–Crippen LogP) is 2.38. The molecule has 0 aliphatic carbocycles. The van der Waals surface area contributed by atoms with Gasteiger partial charge in [0.15, 0.2) is 0 Å². The lowest BCUT2D eigenvalue weighted by Gasteiger charge is -2.20. The van der Waals surface area contributed by atoms with Crippen LogP contribution in [0.5, 0.6) is 0 Å². The number of amides is 1. The Kier molecular flexibility index (Phi) is 6.52. The molecule has 1 amide bonds. The Morgan fingerprint density at radius 2 is 2.09 bits per heavy atom. The first-order valence-corrected chi connectivity index (χ1v) is 7.10. The van der Waals surface area contributed by atoms with Crippen molar-refractivity contribution in [3.8, 4) is 0 Å². The fourth-order valence-corrected chi connectivity index (χ4v) is 1.83. The molecule has 1 unspecified atom stereocenters. The SMILES string of the molecule is COCC(=N)C(N)c1cccc(CNC(=O)OC(C)(C)C)c1. The number of alkyl carbamates (subject to hydrolysis) is 1. The number of nitrogens with one attached hydrogen (secondary N) is 2. The number of carbonyl (C=O) groups is 1. The predicted molar refractivity (Wildman–Crippen MR) is 86.0 cm³/mol. The molecule has 122 valence electrons. The number of methoxy groups -OCH3 is 1. The van der Waals surface area contributed by atoms with Crippen molar-refractivity contribution in [1.82, 2.24) is 5.32 Å². The Balaban J connectivity index is 2.65. The summed E-state index contributed by atoms with van der Waals surface area (Å²) in [6.07, 6.45) is -0.464. The second-order valence-electron chi connectivity index (χ2n) is 6.04. The van der Waals surface area contributed by atoms with Crippen LogP contribution in [-0.4, -0.2) is 31.1 Å². The minimum atomic E-state index is -0.524. The number of carbonyl (C=O) groups excluding carboxylic acids is 1. The standard InChI is InChI=1S/C16H25N3O3/c1-16(2,3)22-15(20)19-9-11-6-5-7-12(8-11)14(18)13(17)10-21-4/h5-8,14,17H,9-10,18H2,1-4H3,(H,19,20). The van der Waals surface area contributed by atoms with E-state index in [0.717, 1.165) is 11.1 Å². The molecule has 1 rings (SSSR count). The van der Waals surface area contributed by atoms with E-state index in [1.807, 2.05) is 45.0 Å². The van der Waals surface area contributed by atoms with Crippen LogP contribution in [0.1, 0.15) is 37.9 Å². The molecule has 1 atom stereocenters. The summed E-state index contributed by atoms with van der Waals surface area (Å²) >= 11 is 0. The minimum Gasteiger partial charge on any atom is -0.444 e. The van der Waals surface area contributed by atoms with Crippen LogP contribution < -0.4 is 11.1 Å². The first-order chi connectivity index (χ1) is 10.2. The molecule has 6 heteroatoms. The lowest BCUT2D eigenvalue weighted by molar-refractivity contribution is 0.0523. The number of hydrogen-bond donors (Lipinski definition) is 3. The van der Waals surface area contributed by atoms with Crippen molar-refractivity contribution >= 4 is 11.8 Å². The van der Waals surface area contributed by atoms with E-state index >= 15 is 0 Å². The van der Waals surface area contributed by atoms with Crippen molar-refractivity contribution in [2.24, 2.45) is 5.73 Å². The van der Waals surface area contributed by atoms with Gasteiger partial charge in [-0.3, -0.25) is 0 Å². The van der Waals surface area contributed by atoms with Gasteiger partial charge in [0.1, 0.15) is 5.60 Å². The van der Waals surface area contributed by atoms with E-state index < -0.39 is 17.7 Å². The average Bonchev–Trinajstić information content (AvgIpc) is 2.43. The zero-order chi connectivity index (χ0) is 16.8. The Morgan fingerprint density at radius 3 is 2.68 bits per heavy atom. The highest BCUT2D eigenvalue weighted by molar-refractivity contribution is 5.88. The van der Waals surface area contributed by atoms with E-state index in [0.29, 0.717) is 12.3 Å². The van der Waals surface area contributed by atoms with Crippen molar-refractivity contribution in [2.75, 3.05) is 13.7 Å². The summed E-state index contributed by atoms with van der Waals surface area (Å²) < 4.78 is 10.1. The van der Waals surface area contributed by atoms with Gasteiger partial charge in [0, 0.05) is 13.7 Å². The third-order valence-electron chi connectivity index (χ3n) is 2.82. The third-order valence-corrected chi connectivity index (χ3v) is 2.82. The summed E-state index contributed by atoms with van der Waals surface area (Å²) in [5, 5.41) is 10.5. The second-order valence-corrected chi connectivity index (χ2v) is 6.04. The van der Waals surface area contributed by atoms with Crippen molar-refractivity contribution < 1.29 is 14.3 Å². The highest BCUT2D eigenvalue weighted by Crippen LogP contribution is 2.14. The summed E-state index contributed by atoms with van der Waals surface area (Å²) in [6.45, 7) is 5.98. The van der Waals surface area contributed by atoms with Gasteiger partial charge in [-0.1, -0.05) is 24.3 Å². The van der Waals surface area contributed by atoms with Crippen LogP contribution in [0.4, 0.5) is 4.79 Å². The molecular formula is C16H25N3O3. The number of hydrogen-bond acceptors (Lipinski definition) is 5. The van der Waals surface area contributed by atoms with Gasteiger partial charge < -0.3 is 25.9 Å². The highest BCUT2D eigenvalue weighted by atomic mass is 16.6. The van der Waals surface area contributed by atoms with E-state index in [1.54, 1.807) is 0 Å². The molecule has 1 aromatic rings. The smallest absolute Gasteiger partial charge is 0.407 e. The maximum Gasteiger partial charge on any atom is 0.407 e. The second kappa shape index (κ2) is 7.91. The molecule has 0 bridgehead atoms. The molecule has 0 saturated heterocycles. The maximum absolute atomic E-state index is 11.6. The first kappa shape index (κ1) is 18.1. The lowest BCUT2D eigenvalue weighted by Crippen LogP contribution is -2.32. The molecule has 6 nitrogen and oxygen atoms in total. The topological polar surface area (TPSA) is 97.4 Å². The van der Waals surface area contributed by atoms with Gasteiger partial charge in [-0.2, -0.15) is 0 Å². The molecule has 0 aliphatic rings. The molecule has 22 heavy (non-hydrogen) atoms. The van der Waals surface area contributed by atoms with E-state index in [2.05, 4.69) is 5.32 Å². The molecule has 4 N–H and O–H groups in total. The van der Waals surface area contributed by atoms with Gasteiger partial charge in [-0.25, -0.2) is 4.79 Å². The summed E-state index contributed by atoms with van der Waals surface area (Å²) in [4.78, 5) is 11.6. The Bertz CT molecular complexity index is 524. The minimum absolute atomic E-state index is 0.196. The molecule has 0 fully saturated rings. The molecular weight excluding hydrogens is 282 g/mol. The van der Waals surface area contributed by atoms with Crippen LogP contribution in [0, 0.1) is 5.41 Å². The normalized spacial score (nSPS) is 12.6. The zero-order valence-electron chi connectivity index (χ0n) is 13.6. The zero-order valence-corrected chi connectivity index (χ0v) is 13.6. The number of nitrogens with two attached hydrogens (primary N) is 1. The van der Waals surface area contributed by atoms with Crippen molar-refractivity contribution in [3.05, 3.63) is 35.4 Å². The number of benzene rings is 1. The van der Waals surface area contributed by atoms with E-state index in [4.69, 9.17) is 20.6 Å². The van der Waals surface area contributed by atoms with Crippen LogP contribution in [0.25, 0.3) is 0 Å². The maximum atomic E-state index is 11.6. The number of ether oxygens (including phenoxy) is 2.